The van der Waals surface area contributed by atoms with Crippen molar-refractivity contribution < 1.29 is 9.53 Å². The quantitative estimate of drug-likeness (QED) is 0.605. The molecule has 2 aliphatic rings. The number of aromatic nitrogens is 2. The standard InChI is InChI=1S/C26H29N5O2/c32-26(29-19-22-8-2-4-12-28-22)24-18-20-6-5-9-23(25(20)33-24)31-16-14-30(15-17-31)13-10-21-7-1-3-11-27-21/h1-9,11-12,24H,10,13-19H2,(H,29,32). The first-order valence-corrected chi connectivity index (χ1v) is 11.6. The van der Waals surface area contributed by atoms with Crippen molar-refractivity contribution in [3.63, 3.8) is 0 Å². The van der Waals surface area contributed by atoms with Gasteiger partial charge in [-0.1, -0.05) is 24.3 Å². The molecule has 7 nitrogen and oxygen atoms in total. The van der Waals surface area contributed by atoms with Gasteiger partial charge in [-0.2, -0.15) is 0 Å². The van der Waals surface area contributed by atoms with Crippen LogP contribution in [0.2, 0.25) is 0 Å². The van der Waals surface area contributed by atoms with Crippen LogP contribution in [0.15, 0.2) is 67.0 Å². The Morgan fingerprint density at radius 2 is 1.70 bits per heavy atom. The number of rotatable bonds is 7. The predicted molar refractivity (Wildman–Crippen MR) is 127 cm³/mol. The number of benzene rings is 1. The highest BCUT2D eigenvalue weighted by Gasteiger charge is 2.32. The first-order chi connectivity index (χ1) is 16.3. The Labute approximate surface area is 194 Å². The molecule has 1 unspecified atom stereocenters. The van der Waals surface area contributed by atoms with Crippen molar-refractivity contribution in [2.24, 2.45) is 0 Å². The molecule has 2 aliphatic heterocycles. The van der Waals surface area contributed by atoms with Gasteiger partial charge in [0.15, 0.2) is 6.10 Å². The minimum Gasteiger partial charge on any atom is -0.478 e. The molecule has 1 saturated heterocycles. The Kier molecular flexibility index (Phi) is 6.48. The van der Waals surface area contributed by atoms with E-state index in [0.717, 1.165) is 67.5 Å². The van der Waals surface area contributed by atoms with Crippen LogP contribution in [0.5, 0.6) is 5.75 Å². The maximum absolute atomic E-state index is 12.7. The minimum absolute atomic E-state index is 0.0952. The number of carbonyl (C=O) groups is 1. The van der Waals surface area contributed by atoms with E-state index in [1.165, 1.54) is 0 Å². The van der Waals surface area contributed by atoms with E-state index in [2.05, 4.69) is 49.4 Å². The van der Waals surface area contributed by atoms with Gasteiger partial charge in [0, 0.05) is 69.2 Å². The minimum atomic E-state index is -0.496. The van der Waals surface area contributed by atoms with Crippen molar-refractivity contribution >= 4 is 11.6 Å². The molecule has 170 valence electrons. The summed E-state index contributed by atoms with van der Waals surface area (Å²) in [6.07, 6.45) is 4.66. The Hall–Kier alpha value is -3.45. The fourth-order valence-corrected chi connectivity index (χ4v) is 4.47. The summed E-state index contributed by atoms with van der Waals surface area (Å²) >= 11 is 0. The zero-order valence-corrected chi connectivity index (χ0v) is 18.7. The molecule has 0 saturated carbocycles. The van der Waals surface area contributed by atoms with Gasteiger partial charge < -0.3 is 15.0 Å². The monoisotopic (exact) mass is 443 g/mol. The molecule has 1 aromatic carbocycles. The number of para-hydroxylation sites is 1. The Bertz CT molecular complexity index is 1070. The number of hydrogen-bond donors (Lipinski definition) is 1. The highest BCUT2D eigenvalue weighted by atomic mass is 16.5. The molecular formula is C26H29N5O2. The predicted octanol–water partition coefficient (Wildman–Crippen LogP) is 2.46. The van der Waals surface area contributed by atoms with Crippen LogP contribution >= 0.6 is 0 Å². The average molecular weight is 444 g/mol. The first-order valence-electron chi connectivity index (χ1n) is 11.6. The van der Waals surface area contributed by atoms with Crippen molar-refractivity contribution in [1.29, 1.82) is 0 Å². The Morgan fingerprint density at radius 1 is 0.939 bits per heavy atom. The second kappa shape index (κ2) is 10.0. The lowest BCUT2D eigenvalue weighted by molar-refractivity contribution is -0.127. The summed E-state index contributed by atoms with van der Waals surface area (Å²) in [7, 11) is 0. The highest BCUT2D eigenvalue weighted by molar-refractivity contribution is 5.83. The van der Waals surface area contributed by atoms with Crippen LogP contribution < -0.4 is 15.0 Å². The molecule has 1 atom stereocenters. The molecule has 7 heteroatoms. The molecule has 0 radical (unpaired) electrons. The molecule has 0 spiro atoms. The van der Waals surface area contributed by atoms with Crippen molar-refractivity contribution in [3.05, 3.63) is 83.9 Å². The summed E-state index contributed by atoms with van der Waals surface area (Å²) in [5.41, 5.74) is 4.17. The number of ether oxygens (including phenoxy) is 1. The van der Waals surface area contributed by atoms with Gasteiger partial charge in [-0.3, -0.25) is 19.7 Å². The lowest BCUT2D eigenvalue weighted by Gasteiger charge is -2.36. The van der Waals surface area contributed by atoms with Gasteiger partial charge in [0.25, 0.3) is 5.91 Å². The van der Waals surface area contributed by atoms with E-state index in [4.69, 9.17) is 4.74 Å². The van der Waals surface area contributed by atoms with E-state index in [1.807, 2.05) is 36.5 Å². The summed E-state index contributed by atoms with van der Waals surface area (Å²) in [4.78, 5) is 26.3. The molecule has 4 heterocycles. The van der Waals surface area contributed by atoms with Crippen molar-refractivity contribution in [1.82, 2.24) is 20.2 Å². The van der Waals surface area contributed by atoms with E-state index in [9.17, 15) is 4.79 Å². The number of pyridine rings is 2. The summed E-state index contributed by atoms with van der Waals surface area (Å²) in [6, 6.07) is 18.0. The molecule has 1 amide bonds. The zero-order chi connectivity index (χ0) is 22.5. The van der Waals surface area contributed by atoms with Gasteiger partial charge in [0.1, 0.15) is 5.75 Å². The van der Waals surface area contributed by atoms with Crippen LogP contribution in [0.3, 0.4) is 0 Å². The molecule has 2 aromatic heterocycles. The lowest BCUT2D eigenvalue weighted by Crippen LogP contribution is -2.47. The molecule has 1 N–H and O–H groups in total. The van der Waals surface area contributed by atoms with Crippen molar-refractivity contribution in [2.75, 3.05) is 37.6 Å². The van der Waals surface area contributed by atoms with Crippen molar-refractivity contribution in [2.45, 2.75) is 25.5 Å². The molecule has 0 bridgehead atoms. The van der Waals surface area contributed by atoms with Gasteiger partial charge in [0.05, 0.1) is 17.9 Å². The van der Waals surface area contributed by atoms with Crippen LogP contribution in [0.4, 0.5) is 5.69 Å². The third-order valence-electron chi connectivity index (χ3n) is 6.33. The van der Waals surface area contributed by atoms with Crippen LogP contribution in [0.1, 0.15) is 17.0 Å². The van der Waals surface area contributed by atoms with Crippen LogP contribution in [0, 0.1) is 0 Å². The smallest absolute Gasteiger partial charge is 0.261 e. The summed E-state index contributed by atoms with van der Waals surface area (Å²) in [5, 5.41) is 2.96. The number of nitrogens with one attached hydrogen (secondary N) is 1. The number of anilines is 1. The fraction of sp³-hybridized carbons (Fsp3) is 0.346. The van der Waals surface area contributed by atoms with Gasteiger partial charge in [-0.15, -0.1) is 0 Å². The summed E-state index contributed by atoms with van der Waals surface area (Å²) < 4.78 is 6.18. The third-order valence-corrected chi connectivity index (χ3v) is 6.33. The molecule has 1 fully saturated rings. The molecule has 3 aromatic rings. The van der Waals surface area contributed by atoms with Gasteiger partial charge in [0.2, 0.25) is 0 Å². The van der Waals surface area contributed by atoms with Gasteiger partial charge >= 0.3 is 0 Å². The number of amides is 1. The third kappa shape index (κ3) is 5.14. The zero-order valence-electron chi connectivity index (χ0n) is 18.7. The number of fused-ring (bicyclic) bond motifs is 1. The maximum Gasteiger partial charge on any atom is 0.261 e. The fourth-order valence-electron chi connectivity index (χ4n) is 4.47. The molecular weight excluding hydrogens is 414 g/mol. The number of nitrogens with zero attached hydrogens (tertiary/aromatic N) is 4. The van der Waals surface area contributed by atoms with E-state index in [1.54, 1.807) is 6.20 Å². The Morgan fingerprint density at radius 3 is 2.42 bits per heavy atom. The number of carbonyl (C=O) groups excluding carboxylic acids is 1. The Balaban J connectivity index is 1.15. The number of piperazine rings is 1. The van der Waals surface area contributed by atoms with E-state index in [-0.39, 0.29) is 5.91 Å². The van der Waals surface area contributed by atoms with Gasteiger partial charge in [-0.05, 0) is 30.3 Å². The normalized spacial score (nSPS) is 17.9. The number of hydrogen-bond acceptors (Lipinski definition) is 6. The van der Waals surface area contributed by atoms with Crippen molar-refractivity contribution in [3.8, 4) is 5.75 Å². The van der Waals surface area contributed by atoms with E-state index >= 15 is 0 Å². The average Bonchev–Trinajstić information content (AvgIpc) is 3.32. The second-order valence-electron chi connectivity index (χ2n) is 8.51. The molecule has 5 rings (SSSR count). The topological polar surface area (TPSA) is 70.6 Å². The van der Waals surface area contributed by atoms with E-state index < -0.39 is 6.10 Å². The molecule has 33 heavy (non-hydrogen) atoms. The first kappa shape index (κ1) is 21.4. The van der Waals surface area contributed by atoms with E-state index in [0.29, 0.717) is 13.0 Å². The summed E-state index contributed by atoms with van der Waals surface area (Å²) in [6.45, 7) is 5.32. The molecule has 0 aliphatic carbocycles. The van der Waals surface area contributed by atoms with Crippen LogP contribution in [-0.2, 0) is 24.2 Å². The lowest BCUT2D eigenvalue weighted by atomic mass is 10.1. The maximum atomic E-state index is 12.7. The summed E-state index contributed by atoms with van der Waals surface area (Å²) in [5.74, 6) is 0.763. The highest BCUT2D eigenvalue weighted by Crippen LogP contribution is 2.38. The largest absolute Gasteiger partial charge is 0.478 e. The SMILES string of the molecule is O=C(NCc1ccccn1)C1Cc2cccc(N3CCN(CCc4ccccn4)CC3)c2O1. The van der Waals surface area contributed by atoms with Gasteiger partial charge in [-0.25, -0.2) is 0 Å². The van der Waals surface area contributed by atoms with Crippen LogP contribution in [-0.4, -0.2) is 59.6 Å². The van der Waals surface area contributed by atoms with Crippen LogP contribution in [0.25, 0.3) is 0 Å². The second-order valence-corrected chi connectivity index (χ2v) is 8.51.